The van der Waals surface area contributed by atoms with Crippen LogP contribution in [0.3, 0.4) is 0 Å². The van der Waals surface area contributed by atoms with Gasteiger partial charge in [0.1, 0.15) is 24.0 Å². The molecule has 1 heterocycles. The van der Waals surface area contributed by atoms with E-state index in [9.17, 15) is 14.9 Å². The van der Waals surface area contributed by atoms with Gasteiger partial charge in [0.15, 0.2) is 0 Å². The Kier molecular flexibility index (Phi) is 5.87. The van der Waals surface area contributed by atoms with E-state index in [2.05, 4.69) is 10.4 Å². The lowest BCUT2D eigenvalue weighted by Crippen LogP contribution is -3.07. The van der Waals surface area contributed by atoms with Crippen molar-refractivity contribution < 1.29 is 14.6 Å². The van der Waals surface area contributed by atoms with Crippen LogP contribution >= 0.6 is 0 Å². The molecular formula is C17H24N5O3+. The molecule has 2 aromatic rings. The Morgan fingerprint density at radius 2 is 1.96 bits per heavy atom. The summed E-state index contributed by atoms with van der Waals surface area (Å²) >= 11 is 0. The summed E-state index contributed by atoms with van der Waals surface area (Å²) in [7, 11) is 4.07. The predicted octanol–water partition coefficient (Wildman–Crippen LogP) is 0.410. The first-order valence-electron chi connectivity index (χ1n) is 8.11. The smallest absolute Gasteiger partial charge is 0.312 e. The summed E-state index contributed by atoms with van der Waals surface area (Å²) in [6.07, 6.45) is 0. The largest absolute Gasteiger partial charge is 0.348 e. The second-order valence-electron chi connectivity index (χ2n) is 6.28. The molecule has 1 atom stereocenters. The Morgan fingerprint density at radius 1 is 1.32 bits per heavy atom. The van der Waals surface area contributed by atoms with Gasteiger partial charge in [-0.3, -0.25) is 19.6 Å². The number of likely N-dealkylation sites (N-methyl/N-ethyl adjacent to an activating group) is 1. The molecule has 0 saturated heterocycles. The Bertz CT molecular complexity index is 755. The first-order chi connectivity index (χ1) is 11.8. The van der Waals surface area contributed by atoms with Crippen molar-refractivity contribution in [2.75, 3.05) is 20.6 Å². The summed E-state index contributed by atoms with van der Waals surface area (Å²) in [5, 5.41) is 18.0. The molecule has 134 valence electrons. The maximum atomic E-state index is 12.3. The molecule has 0 spiro atoms. The van der Waals surface area contributed by atoms with Gasteiger partial charge in [0.2, 0.25) is 5.91 Å². The highest BCUT2D eigenvalue weighted by Crippen LogP contribution is 2.21. The number of nitrogens with one attached hydrogen (secondary N) is 2. The molecule has 25 heavy (non-hydrogen) atoms. The molecule has 8 heteroatoms. The van der Waals surface area contributed by atoms with Crippen LogP contribution in [0.25, 0.3) is 0 Å². The van der Waals surface area contributed by atoms with Crippen molar-refractivity contribution >= 4 is 11.6 Å². The van der Waals surface area contributed by atoms with Gasteiger partial charge in [-0.2, -0.15) is 5.10 Å². The number of hydrogen-bond donors (Lipinski definition) is 2. The molecule has 0 unspecified atom stereocenters. The molecule has 0 fully saturated rings. The topological polar surface area (TPSA) is 94.5 Å². The fourth-order valence-electron chi connectivity index (χ4n) is 2.85. The SMILES string of the molecule is Cc1nn(CC(=O)NC[C@H](c2ccccc2)[NH+](C)C)c(C)c1[N+](=O)[O-]. The van der Waals surface area contributed by atoms with Gasteiger partial charge >= 0.3 is 5.69 Å². The van der Waals surface area contributed by atoms with Gasteiger partial charge in [-0.15, -0.1) is 0 Å². The molecule has 1 aromatic heterocycles. The Balaban J connectivity index is 2.03. The van der Waals surface area contributed by atoms with Crippen LogP contribution in [0.4, 0.5) is 5.69 Å². The first kappa shape index (κ1) is 18.6. The van der Waals surface area contributed by atoms with Crippen molar-refractivity contribution in [1.29, 1.82) is 0 Å². The Morgan fingerprint density at radius 3 is 2.48 bits per heavy atom. The number of aromatic nitrogens is 2. The quantitative estimate of drug-likeness (QED) is 0.561. The molecule has 1 aromatic carbocycles. The number of rotatable bonds is 7. The summed E-state index contributed by atoms with van der Waals surface area (Å²) in [5.74, 6) is -0.220. The number of nitro groups is 1. The summed E-state index contributed by atoms with van der Waals surface area (Å²) in [6.45, 7) is 3.61. The molecule has 0 saturated carbocycles. The van der Waals surface area contributed by atoms with Gasteiger partial charge in [0, 0.05) is 5.56 Å². The average molecular weight is 346 g/mol. The fourth-order valence-corrected chi connectivity index (χ4v) is 2.85. The zero-order valence-corrected chi connectivity index (χ0v) is 14.9. The monoisotopic (exact) mass is 346 g/mol. The summed E-state index contributed by atoms with van der Waals surface area (Å²) in [4.78, 5) is 24.0. The Labute approximate surface area is 146 Å². The fraction of sp³-hybridized carbons (Fsp3) is 0.412. The number of aryl methyl sites for hydroxylation is 1. The minimum Gasteiger partial charge on any atom is -0.348 e. The second-order valence-corrected chi connectivity index (χ2v) is 6.28. The van der Waals surface area contributed by atoms with Crippen LogP contribution in [0.2, 0.25) is 0 Å². The van der Waals surface area contributed by atoms with Gasteiger partial charge in [-0.25, -0.2) is 0 Å². The van der Waals surface area contributed by atoms with E-state index in [1.165, 1.54) is 9.58 Å². The third-order valence-electron chi connectivity index (χ3n) is 4.22. The molecule has 0 aliphatic carbocycles. The lowest BCUT2D eigenvalue weighted by Gasteiger charge is -2.22. The van der Waals surface area contributed by atoms with Gasteiger partial charge in [0.05, 0.1) is 25.6 Å². The van der Waals surface area contributed by atoms with Crippen LogP contribution in [0.15, 0.2) is 30.3 Å². The number of carbonyl (C=O) groups excluding carboxylic acids is 1. The van der Waals surface area contributed by atoms with Crippen LogP contribution in [0.5, 0.6) is 0 Å². The molecule has 0 aliphatic heterocycles. The maximum absolute atomic E-state index is 12.3. The summed E-state index contributed by atoms with van der Waals surface area (Å²) in [5.41, 5.74) is 1.81. The van der Waals surface area contributed by atoms with Gasteiger partial charge in [0.25, 0.3) is 0 Å². The van der Waals surface area contributed by atoms with Crippen LogP contribution in [0.1, 0.15) is 23.0 Å². The zero-order valence-electron chi connectivity index (χ0n) is 14.9. The lowest BCUT2D eigenvalue weighted by atomic mass is 10.1. The molecular weight excluding hydrogens is 322 g/mol. The predicted molar refractivity (Wildman–Crippen MR) is 93.4 cm³/mol. The van der Waals surface area contributed by atoms with E-state index in [0.29, 0.717) is 17.9 Å². The third kappa shape index (κ3) is 4.42. The van der Waals surface area contributed by atoms with E-state index in [1.807, 2.05) is 44.4 Å². The maximum Gasteiger partial charge on any atom is 0.312 e. The van der Waals surface area contributed by atoms with Crippen molar-refractivity contribution in [1.82, 2.24) is 15.1 Å². The van der Waals surface area contributed by atoms with Crippen molar-refractivity contribution in [2.24, 2.45) is 0 Å². The minimum atomic E-state index is -0.465. The molecule has 8 nitrogen and oxygen atoms in total. The molecule has 0 radical (unpaired) electrons. The number of hydrogen-bond acceptors (Lipinski definition) is 4. The lowest BCUT2D eigenvalue weighted by molar-refractivity contribution is -0.890. The Hall–Kier alpha value is -2.74. The third-order valence-corrected chi connectivity index (χ3v) is 4.22. The number of amides is 1. The molecule has 1 amide bonds. The highest BCUT2D eigenvalue weighted by Gasteiger charge is 2.23. The minimum absolute atomic E-state index is 0.0345. The van der Waals surface area contributed by atoms with E-state index in [0.717, 1.165) is 5.56 Å². The van der Waals surface area contributed by atoms with Crippen LogP contribution in [-0.2, 0) is 11.3 Å². The van der Waals surface area contributed by atoms with Crippen molar-refractivity contribution in [3.05, 3.63) is 57.4 Å². The van der Waals surface area contributed by atoms with Crippen LogP contribution in [0, 0.1) is 24.0 Å². The average Bonchev–Trinajstić information content (AvgIpc) is 2.82. The van der Waals surface area contributed by atoms with Crippen molar-refractivity contribution in [3.8, 4) is 0 Å². The standard InChI is InChI=1S/C17H23N5O3/c1-12-17(22(24)25)13(2)21(19-12)11-16(23)18-10-15(20(3)4)14-8-6-5-7-9-14/h5-9,15H,10-11H2,1-4H3,(H,18,23)/p+1/t15-/m1/s1. The van der Waals surface area contributed by atoms with Crippen molar-refractivity contribution in [2.45, 2.75) is 26.4 Å². The van der Waals surface area contributed by atoms with Gasteiger partial charge in [-0.05, 0) is 13.8 Å². The normalized spacial score (nSPS) is 12.2. The second kappa shape index (κ2) is 7.89. The number of quaternary nitrogens is 1. The summed E-state index contributed by atoms with van der Waals surface area (Å²) < 4.78 is 1.38. The number of carbonyl (C=O) groups is 1. The first-order valence-corrected chi connectivity index (χ1v) is 8.11. The van der Waals surface area contributed by atoms with E-state index in [4.69, 9.17) is 0 Å². The highest BCUT2D eigenvalue weighted by atomic mass is 16.6. The van der Waals surface area contributed by atoms with Crippen molar-refractivity contribution in [3.63, 3.8) is 0 Å². The van der Waals surface area contributed by atoms with Crippen LogP contribution < -0.4 is 10.2 Å². The van der Waals surface area contributed by atoms with Crippen LogP contribution in [-0.4, -0.2) is 41.3 Å². The zero-order chi connectivity index (χ0) is 18.6. The highest BCUT2D eigenvalue weighted by molar-refractivity contribution is 5.75. The number of benzene rings is 1. The van der Waals surface area contributed by atoms with E-state index in [-0.39, 0.29) is 24.2 Å². The number of nitrogens with zero attached hydrogens (tertiary/aromatic N) is 3. The molecule has 2 N–H and O–H groups in total. The van der Waals surface area contributed by atoms with E-state index < -0.39 is 4.92 Å². The molecule has 2 rings (SSSR count). The summed E-state index contributed by atoms with van der Waals surface area (Å²) in [6, 6.07) is 10.1. The molecule has 0 aliphatic rings. The molecule has 0 bridgehead atoms. The van der Waals surface area contributed by atoms with Gasteiger partial charge < -0.3 is 10.2 Å². The van der Waals surface area contributed by atoms with Gasteiger partial charge in [-0.1, -0.05) is 30.3 Å². The van der Waals surface area contributed by atoms with E-state index >= 15 is 0 Å². The van der Waals surface area contributed by atoms with E-state index in [1.54, 1.807) is 13.8 Å².